The molecule has 0 aliphatic rings. The number of hydrogen-bond acceptors (Lipinski definition) is 6. The van der Waals surface area contributed by atoms with E-state index in [1.807, 2.05) is 0 Å². The van der Waals surface area contributed by atoms with Gasteiger partial charge in [-0.1, -0.05) is 11.3 Å². The molecule has 0 atom stereocenters. The molecule has 0 unspecified atom stereocenters. The number of nitrogens with zero attached hydrogens (tertiary/aromatic N) is 3. The van der Waals surface area contributed by atoms with Gasteiger partial charge in [-0.3, -0.25) is 19.9 Å². The highest BCUT2D eigenvalue weighted by atomic mass is 32.1. The van der Waals surface area contributed by atoms with Crippen molar-refractivity contribution in [1.82, 2.24) is 15.2 Å². The first-order chi connectivity index (χ1) is 8.65. The second kappa shape index (κ2) is 5.32. The van der Waals surface area contributed by atoms with Crippen LogP contribution in [0.3, 0.4) is 0 Å². The Bertz CT molecular complexity index is 570. The Hall–Kier alpha value is -2.35. The molecule has 2 aromatic rings. The van der Waals surface area contributed by atoms with Gasteiger partial charge >= 0.3 is 5.97 Å². The fourth-order valence-electron chi connectivity index (χ4n) is 1.17. The highest BCUT2D eigenvalue weighted by molar-refractivity contribution is 7.15. The summed E-state index contributed by atoms with van der Waals surface area (Å²) in [7, 11) is 0. The van der Waals surface area contributed by atoms with Gasteiger partial charge in [0.25, 0.3) is 5.91 Å². The average molecular weight is 264 g/mol. The van der Waals surface area contributed by atoms with Gasteiger partial charge in [0.15, 0.2) is 0 Å². The van der Waals surface area contributed by atoms with E-state index in [1.54, 1.807) is 18.3 Å². The van der Waals surface area contributed by atoms with Crippen LogP contribution in [0.5, 0.6) is 0 Å². The van der Waals surface area contributed by atoms with Gasteiger partial charge in [-0.2, -0.15) is 0 Å². The summed E-state index contributed by atoms with van der Waals surface area (Å²) in [5, 5.41) is 19.1. The summed E-state index contributed by atoms with van der Waals surface area (Å²) in [5.74, 6) is -1.35. The van der Waals surface area contributed by atoms with Crippen molar-refractivity contribution in [3.05, 3.63) is 35.1 Å². The van der Waals surface area contributed by atoms with Crippen LogP contribution in [0.2, 0.25) is 0 Å². The van der Waals surface area contributed by atoms with Crippen LogP contribution in [0.15, 0.2) is 24.5 Å². The normalized spacial score (nSPS) is 10.0. The first kappa shape index (κ1) is 12.1. The molecular weight excluding hydrogens is 256 g/mol. The minimum atomic E-state index is -0.990. The number of amides is 1. The Balaban J connectivity index is 2.04. The van der Waals surface area contributed by atoms with Gasteiger partial charge < -0.3 is 5.11 Å². The summed E-state index contributed by atoms with van der Waals surface area (Å²) < 4.78 is 0. The summed E-state index contributed by atoms with van der Waals surface area (Å²) in [5.41, 5.74) is 0.396. The third-order valence-electron chi connectivity index (χ3n) is 1.91. The Kier molecular flexibility index (Phi) is 3.58. The summed E-state index contributed by atoms with van der Waals surface area (Å²) in [6.45, 7) is 0. The third kappa shape index (κ3) is 3.08. The lowest BCUT2D eigenvalue weighted by atomic mass is 10.3. The average Bonchev–Trinajstić information content (AvgIpc) is 2.76. The highest BCUT2D eigenvalue weighted by Crippen LogP contribution is 2.16. The number of pyridine rings is 1. The van der Waals surface area contributed by atoms with Crippen molar-refractivity contribution in [3.8, 4) is 0 Å². The maximum Gasteiger partial charge on any atom is 0.310 e. The van der Waals surface area contributed by atoms with Crippen LogP contribution in [0.4, 0.5) is 5.13 Å². The maximum atomic E-state index is 11.7. The monoisotopic (exact) mass is 264 g/mol. The molecule has 18 heavy (non-hydrogen) atoms. The summed E-state index contributed by atoms with van der Waals surface area (Å²) >= 11 is 1.03. The van der Waals surface area contributed by atoms with Gasteiger partial charge in [-0.05, 0) is 12.1 Å². The smallest absolute Gasteiger partial charge is 0.310 e. The molecule has 0 bridgehead atoms. The quantitative estimate of drug-likeness (QED) is 0.846. The van der Waals surface area contributed by atoms with Crippen LogP contribution in [0.25, 0.3) is 0 Å². The fraction of sp³-hybridized carbons (Fsp3) is 0.100. The number of carboxylic acid groups (broad SMARTS) is 1. The largest absolute Gasteiger partial charge is 0.481 e. The van der Waals surface area contributed by atoms with E-state index in [2.05, 4.69) is 20.5 Å². The molecule has 0 radical (unpaired) electrons. The topological polar surface area (TPSA) is 105 Å². The summed E-state index contributed by atoms with van der Waals surface area (Å²) in [6.07, 6.45) is 2.78. The molecule has 2 aromatic heterocycles. The van der Waals surface area contributed by atoms with Crippen molar-refractivity contribution in [2.45, 2.75) is 6.42 Å². The summed E-state index contributed by atoms with van der Waals surface area (Å²) in [4.78, 5) is 26.0. The van der Waals surface area contributed by atoms with E-state index in [9.17, 15) is 9.59 Å². The number of anilines is 1. The van der Waals surface area contributed by atoms with E-state index in [1.165, 1.54) is 6.20 Å². The van der Waals surface area contributed by atoms with Crippen molar-refractivity contribution in [1.29, 1.82) is 0 Å². The standard InChI is InChI=1S/C10H8N4O3S/c15-8(16)4-7-13-14-10(18-7)12-9(17)6-2-1-3-11-5-6/h1-3,5H,4H2,(H,15,16)(H,12,14,17). The van der Waals surface area contributed by atoms with Gasteiger partial charge in [-0.15, -0.1) is 10.2 Å². The highest BCUT2D eigenvalue weighted by Gasteiger charge is 2.11. The Morgan fingerprint density at radius 1 is 1.39 bits per heavy atom. The predicted molar refractivity (Wildman–Crippen MR) is 63.4 cm³/mol. The lowest BCUT2D eigenvalue weighted by Crippen LogP contribution is -2.11. The van der Waals surface area contributed by atoms with E-state index >= 15 is 0 Å². The number of hydrogen-bond donors (Lipinski definition) is 2. The second-order valence-electron chi connectivity index (χ2n) is 3.27. The number of carboxylic acids is 1. The molecule has 1 amide bonds. The molecule has 0 aromatic carbocycles. The lowest BCUT2D eigenvalue weighted by Gasteiger charge is -1.99. The van der Waals surface area contributed by atoms with Crippen molar-refractivity contribution >= 4 is 28.3 Å². The number of carbonyl (C=O) groups is 2. The van der Waals surface area contributed by atoms with Crippen molar-refractivity contribution in [2.75, 3.05) is 5.32 Å². The van der Waals surface area contributed by atoms with Crippen LogP contribution >= 0.6 is 11.3 Å². The zero-order valence-corrected chi connectivity index (χ0v) is 9.85. The molecule has 7 nitrogen and oxygen atoms in total. The van der Waals surface area contributed by atoms with E-state index < -0.39 is 5.97 Å². The molecule has 2 heterocycles. The zero-order valence-electron chi connectivity index (χ0n) is 9.03. The maximum absolute atomic E-state index is 11.7. The molecule has 0 fully saturated rings. The molecule has 0 saturated heterocycles. The van der Waals surface area contributed by atoms with Crippen molar-refractivity contribution < 1.29 is 14.7 Å². The molecule has 0 aliphatic heterocycles. The van der Waals surface area contributed by atoms with E-state index in [0.29, 0.717) is 10.6 Å². The number of rotatable bonds is 4. The predicted octanol–water partition coefficient (Wildman–Crippen LogP) is 0.812. The Morgan fingerprint density at radius 2 is 2.22 bits per heavy atom. The van der Waals surface area contributed by atoms with Crippen LogP contribution in [0.1, 0.15) is 15.4 Å². The molecule has 0 spiro atoms. The van der Waals surface area contributed by atoms with Crippen molar-refractivity contribution in [3.63, 3.8) is 0 Å². The lowest BCUT2D eigenvalue weighted by molar-refractivity contribution is -0.136. The van der Waals surface area contributed by atoms with Crippen LogP contribution < -0.4 is 5.32 Å². The van der Waals surface area contributed by atoms with Crippen LogP contribution in [-0.4, -0.2) is 32.2 Å². The first-order valence-corrected chi connectivity index (χ1v) is 5.72. The zero-order chi connectivity index (χ0) is 13.0. The number of nitrogens with one attached hydrogen (secondary N) is 1. The minimum Gasteiger partial charge on any atom is -0.481 e. The van der Waals surface area contributed by atoms with Crippen molar-refractivity contribution in [2.24, 2.45) is 0 Å². The van der Waals surface area contributed by atoms with E-state index in [0.717, 1.165) is 11.3 Å². The molecule has 92 valence electrons. The molecule has 2 N–H and O–H groups in total. The molecule has 2 rings (SSSR count). The van der Waals surface area contributed by atoms with Gasteiger partial charge in [0.05, 0.1) is 12.0 Å². The van der Waals surface area contributed by atoms with E-state index in [-0.39, 0.29) is 17.5 Å². The molecule has 0 saturated carbocycles. The third-order valence-corrected chi connectivity index (χ3v) is 2.75. The fourth-order valence-corrected chi connectivity index (χ4v) is 1.90. The van der Waals surface area contributed by atoms with Gasteiger partial charge in [0.1, 0.15) is 5.01 Å². The SMILES string of the molecule is O=C(O)Cc1nnc(NC(=O)c2cccnc2)s1. The van der Waals surface area contributed by atoms with Crippen LogP contribution in [0, 0.1) is 0 Å². The minimum absolute atomic E-state index is 0.208. The number of aromatic nitrogens is 3. The number of carbonyl (C=O) groups excluding carboxylic acids is 1. The van der Waals surface area contributed by atoms with E-state index in [4.69, 9.17) is 5.11 Å². The second-order valence-corrected chi connectivity index (χ2v) is 4.33. The first-order valence-electron chi connectivity index (χ1n) is 4.90. The Morgan fingerprint density at radius 3 is 2.89 bits per heavy atom. The molecular formula is C10H8N4O3S. The molecule has 0 aliphatic carbocycles. The summed E-state index contributed by atoms with van der Waals surface area (Å²) in [6, 6.07) is 3.26. The number of aliphatic carboxylic acids is 1. The van der Waals surface area contributed by atoms with Gasteiger partial charge in [0, 0.05) is 12.4 Å². The van der Waals surface area contributed by atoms with Gasteiger partial charge in [0.2, 0.25) is 5.13 Å². The Labute approximate surface area is 106 Å². The van der Waals surface area contributed by atoms with Crippen LogP contribution in [-0.2, 0) is 11.2 Å². The van der Waals surface area contributed by atoms with Gasteiger partial charge in [-0.25, -0.2) is 0 Å². The molecule has 8 heteroatoms.